The van der Waals surface area contributed by atoms with E-state index >= 15 is 0 Å². The molecule has 1 heterocycles. The summed E-state index contributed by atoms with van der Waals surface area (Å²) >= 11 is 0. The molecule has 1 aliphatic rings. The van der Waals surface area contributed by atoms with Gasteiger partial charge < -0.3 is 5.11 Å². The molecule has 23 heavy (non-hydrogen) atoms. The van der Waals surface area contributed by atoms with Crippen LogP contribution in [0.3, 0.4) is 0 Å². The van der Waals surface area contributed by atoms with E-state index in [0.717, 1.165) is 12.8 Å². The van der Waals surface area contributed by atoms with E-state index in [0.29, 0.717) is 17.8 Å². The lowest BCUT2D eigenvalue weighted by Gasteiger charge is -2.38. The molecular weight excluding hydrogens is 306 g/mol. The number of nitrogens with zero attached hydrogens (tertiary/aromatic N) is 1. The number of benzene rings is 2. The normalized spacial score (nSPS) is 27.6. The van der Waals surface area contributed by atoms with Gasteiger partial charge in [0.05, 0.1) is 0 Å². The summed E-state index contributed by atoms with van der Waals surface area (Å²) in [6.45, 7) is 4.59. The molecule has 2 aromatic rings. The van der Waals surface area contributed by atoms with Gasteiger partial charge in [0.1, 0.15) is 5.75 Å². The van der Waals surface area contributed by atoms with Crippen LogP contribution in [0.1, 0.15) is 37.8 Å². The average molecular weight is 332 g/mol. The summed E-state index contributed by atoms with van der Waals surface area (Å²) in [4.78, 5) is 2.51. The lowest BCUT2D eigenvalue weighted by molar-refractivity contribution is 0.224. The SMILES string of the molecule is CCC1N(C)C(C)CC1(c1ccccc1)c1ccc(O)cc1.Cl. The molecule has 2 aromatic carbocycles. The second kappa shape index (κ2) is 6.94. The standard InChI is InChI=1S/C20H25NO.ClH/c1-4-19-20(14-15(2)21(19)3,16-8-6-5-7-9-16)17-10-12-18(22)13-11-17;/h5-13,15,19,22H,4,14H2,1-3H3;1H. The Morgan fingerprint density at radius 2 is 1.61 bits per heavy atom. The van der Waals surface area contributed by atoms with Gasteiger partial charge in [0, 0.05) is 17.5 Å². The monoisotopic (exact) mass is 331 g/mol. The van der Waals surface area contributed by atoms with Crippen LogP contribution < -0.4 is 0 Å². The van der Waals surface area contributed by atoms with E-state index < -0.39 is 0 Å². The van der Waals surface area contributed by atoms with E-state index in [4.69, 9.17) is 0 Å². The van der Waals surface area contributed by atoms with Crippen LogP contribution in [0.4, 0.5) is 0 Å². The molecule has 1 saturated heterocycles. The maximum Gasteiger partial charge on any atom is 0.115 e. The first-order valence-electron chi connectivity index (χ1n) is 8.16. The number of rotatable bonds is 3. The van der Waals surface area contributed by atoms with Crippen molar-refractivity contribution in [2.24, 2.45) is 0 Å². The van der Waals surface area contributed by atoms with Gasteiger partial charge in [0.2, 0.25) is 0 Å². The molecule has 1 fully saturated rings. The molecule has 3 atom stereocenters. The molecule has 3 rings (SSSR count). The second-order valence-corrected chi connectivity index (χ2v) is 6.53. The highest BCUT2D eigenvalue weighted by Crippen LogP contribution is 2.48. The predicted octanol–water partition coefficient (Wildman–Crippen LogP) is 4.60. The van der Waals surface area contributed by atoms with Crippen molar-refractivity contribution in [3.05, 3.63) is 65.7 Å². The van der Waals surface area contributed by atoms with Gasteiger partial charge in [-0.05, 0) is 50.1 Å². The molecular formula is C20H26ClNO. The molecule has 3 unspecified atom stereocenters. The molecule has 0 amide bonds. The summed E-state index contributed by atoms with van der Waals surface area (Å²) in [5, 5.41) is 9.67. The van der Waals surface area contributed by atoms with Crippen molar-refractivity contribution in [2.75, 3.05) is 7.05 Å². The van der Waals surface area contributed by atoms with Crippen LogP contribution in [-0.2, 0) is 5.41 Å². The van der Waals surface area contributed by atoms with Crippen molar-refractivity contribution in [1.29, 1.82) is 0 Å². The Hall–Kier alpha value is -1.51. The van der Waals surface area contributed by atoms with E-state index in [9.17, 15) is 5.11 Å². The zero-order valence-corrected chi connectivity index (χ0v) is 14.9. The van der Waals surface area contributed by atoms with Gasteiger partial charge in [-0.25, -0.2) is 0 Å². The largest absolute Gasteiger partial charge is 0.508 e. The number of phenolic OH excluding ortho intramolecular Hbond substituents is 1. The van der Waals surface area contributed by atoms with Crippen molar-refractivity contribution in [3.63, 3.8) is 0 Å². The Balaban J connectivity index is 0.00000192. The molecule has 0 spiro atoms. The smallest absolute Gasteiger partial charge is 0.115 e. The fourth-order valence-electron chi connectivity index (χ4n) is 4.32. The van der Waals surface area contributed by atoms with E-state index in [1.54, 1.807) is 0 Å². The molecule has 0 aliphatic carbocycles. The first kappa shape index (κ1) is 17.8. The van der Waals surface area contributed by atoms with Gasteiger partial charge in [-0.1, -0.05) is 49.4 Å². The number of hydrogen-bond acceptors (Lipinski definition) is 2. The maximum atomic E-state index is 9.67. The maximum absolute atomic E-state index is 9.67. The van der Waals surface area contributed by atoms with Crippen molar-refractivity contribution >= 4 is 12.4 Å². The molecule has 0 radical (unpaired) electrons. The topological polar surface area (TPSA) is 23.5 Å². The quantitative estimate of drug-likeness (QED) is 0.888. The molecule has 1 N–H and O–H groups in total. The first-order valence-corrected chi connectivity index (χ1v) is 8.16. The Morgan fingerprint density at radius 1 is 1.04 bits per heavy atom. The van der Waals surface area contributed by atoms with Gasteiger partial charge in [-0.2, -0.15) is 0 Å². The Morgan fingerprint density at radius 3 is 2.17 bits per heavy atom. The highest BCUT2D eigenvalue weighted by atomic mass is 35.5. The molecule has 1 aliphatic heterocycles. The Labute approximate surface area is 145 Å². The van der Waals surface area contributed by atoms with Gasteiger partial charge in [0.25, 0.3) is 0 Å². The summed E-state index contributed by atoms with van der Waals surface area (Å²) in [7, 11) is 2.24. The molecule has 124 valence electrons. The molecule has 0 bridgehead atoms. The number of hydrogen-bond donors (Lipinski definition) is 1. The van der Waals surface area contributed by atoms with Crippen LogP contribution in [0.5, 0.6) is 5.75 Å². The third-order valence-electron chi connectivity index (χ3n) is 5.43. The number of likely N-dealkylation sites (N-methyl/N-ethyl adjacent to an activating group) is 1. The molecule has 0 saturated carbocycles. The Bertz CT molecular complexity index is 628. The first-order chi connectivity index (χ1) is 10.6. The van der Waals surface area contributed by atoms with Crippen molar-refractivity contribution in [3.8, 4) is 5.75 Å². The zero-order chi connectivity index (χ0) is 15.7. The number of aromatic hydroxyl groups is 1. The van der Waals surface area contributed by atoms with Gasteiger partial charge in [0.15, 0.2) is 0 Å². The van der Waals surface area contributed by atoms with Crippen molar-refractivity contribution in [2.45, 2.75) is 44.2 Å². The number of likely N-dealkylation sites (tertiary alicyclic amines) is 1. The van der Waals surface area contributed by atoms with Crippen molar-refractivity contribution in [1.82, 2.24) is 4.90 Å². The highest BCUT2D eigenvalue weighted by Gasteiger charge is 2.50. The van der Waals surface area contributed by atoms with E-state index in [-0.39, 0.29) is 17.8 Å². The summed E-state index contributed by atoms with van der Waals surface area (Å²) in [6.07, 6.45) is 2.22. The highest BCUT2D eigenvalue weighted by molar-refractivity contribution is 5.85. The third-order valence-corrected chi connectivity index (χ3v) is 5.43. The van der Waals surface area contributed by atoms with E-state index in [1.807, 2.05) is 12.1 Å². The zero-order valence-electron chi connectivity index (χ0n) is 14.1. The number of phenols is 1. The minimum Gasteiger partial charge on any atom is -0.508 e. The summed E-state index contributed by atoms with van der Waals surface area (Å²) < 4.78 is 0. The van der Waals surface area contributed by atoms with Crippen LogP contribution in [0, 0.1) is 0 Å². The van der Waals surface area contributed by atoms with Gasteiger partial charge >= 0.3 is 0 Å². The lowest BCUT2D eigenvalue weighted by atomic mass is 9.68. The van der Waals surface area contributed by atoms with Crippen LogP contribution in [0.2, 0.25) is 0 Å². The second-order valence-electron chi connectivity index (χ2n) is 6.53. The van der Waals surface area contributed by atoms with Crippen molar-refractivity contribution < 1.29 is 5.11 Å². The third kappa shape index (κ3) is 2.86. The summed E-state index contributed by atoms with van der Waals surface area (Å²) in [5.74, 6) is 0.333. The van der Waals surface area contributed by atoms with Gasteiger partial charge in [-0.15, -0.1) is 12.4 Å². The minimum atomic E-state index is -0.00211. The number of halogens is 1. The fourth-order valence-corrected chi connectivity index (χ4v) is 4.32. The average Bonchev–Trinajstić information content (AvgIpc) is 2.81. The molecule has 2 nitrogen and oxygen atoms in total. The van der Waals surface area contributed by atoms with Crippen LogP contribution in [0.25, 0.3) is 0 Å². The van der Waals surface area contributed by atoms with E-state index in [2.05, 4.69) is 68.3 Å². The molecule has 0 aromatic heterocycles. The van der Waals surface area contributed by atoms with Gasteiger partial charge in [-0.3, -0.25) is 4.90 Å². The lowest BCUT2D eigenvalue weighted by Crippen LogP contribution is -2.42. The fraction of sp³-hybridized carbons (Fsp3) is 0.400. The van der Waals surface area contributed by atoms with Crippen LogP contribution >= 0.6 is 12.4 Å². The summed E-state index contributed by atoms with van der Waals surface area (Å²) in [6, 6.07) is 19.7. The van der Waals surface area contributed by atoms with Crippen LogP contribution in [-0.4, -0.2) is 29.1 Å². The Kier molecular flexibility index (Phi) is 5.38. The predicted molar refractivity (Wildman–Crippen MR) is 98.5 cm³/mol. The minimum absolute atomic E-state index is 0. The van der Waals surface area contributed by atoms with Crippen LogP contribution in [0.15, 0.2) is 54.6 Å². The molecule has 3 heteroatoms. The summed E-state index contributed by atoms with van der Waals surface area (Å²) in [5.41, 5.74) is 2.68. The van der Waals surface area contributed by atoms with E-state index in [1.165, 1.54) is 11.1 Å².